The molecule has 30 heavy (non-hydrogen) atoms. The van der Waals surface area contributed by atoms with Crippen LogP contribution in [0.4, 0.5) is 4.79 Å². The zero-order valence-electron chi connectivity index (χ0n) is 16.4. The lowest BCUT2D eigenvalue weighted by molar-refractivity contribution is 0.0593. The van der Waals surface area contributed by atoms with Gasteiger partial charge in [0.15, 0.2) is 5.69 Å². The summed E-state index contributed by atoms with van der Waals surface area (Å²) < 4.78 is 10.2. The molecule has 1 aliphatic rings. The number of alkyl carbamates (subject to hydrolysis) is 1. The van der Waals surface area contributed by atoms with Crippen molar-refractivity contribution in [2.75, 3.05) is 20.3 Å². The van der Waals surface area contributed by atoms with E-state index in [4.69, 9.17) is 4.74 Å². The number of esters is 1. The number of rotatable bonds is 6. The Balaban J connectivity index is 1.33. The van der Waals surface area contributed by atoms with E-state index in [1.54, 1.807) is 12.2 Å². The number of fused-ring (bicyclic) bond motifs is 3. The fourth-order valence-corrected chi connectivity index (χ4v) is 3.66. The van der Waals surface area contributed by atoms with Crippen LogP contribution in [0, 0.1) is 0 Å². The lowest BCUT2D eigenvalue weighted by Crippen LogP contribution is -2.26. The molecule has 2 N–H and O–H groups in total. The summed E-state index contributed by atoms with van der Waals surface area (Å²) in [6.45, 7) is 0.514. The fraction of sp³-hybridized carbons (Fsp3) is 0.174. The number of amides is 1. The van der Waals surface area contributed by atoms with E-state index in [1.165, 1.54) is 35.6 Å². The van der Waals surface area contributed by atoms with Crippen molar-refractivity contribution >= 4 is 18.1 Å². The Hall–Kier alpha value is -3.87. The molecule has 0 saturated carbocycles. The Labute approximate surface area is 173 Å². The van der Waals surface area contributed by atoms with E-state index in [9.17, 15) is 9.59 Å². The van der Waals surface area contributed by atoms with Gasteiger partial charge in [0.25, 0.3) is 0 Å². The summed E-state index contributed by atoms with van der Waals surface area (Å²) in [5, 5.41) is 9.10. The quantitative estimate of drug-likeness (QED) is 0.612. The molecule has 1 aliphatic carbocycles. The second-order valence-corrected chi connectivity index (χ2v) is 6.80. The largest absolute Gasteiger partial charge is 0.464 e. The van der Waals surface area contributed by atoms with Crippen molar-refractivity contribution in [2.24, 2.45) is 0 Å². The highest BCUT2D eigenvalue weighted by Crippen LogP contribution is 2.44. The first-order valence-corrected chi connectivity index (χ1v) is 9.56. The summed E-state index contributed by atoms with van der Waals surface area (Å²) in [7, 11) is 1.30. The Bertz CT molecular complexity index is 1060. The molecule has 0 spiro atoms. The van der Waals surface area contributed by atoms with Gasteiger partial charge in [-0.25, -0.2) is 9.59 Å². The van der Waals surface area contributed by atoms with E-state index in [2.05, 4.69) is 44.5 Å². The molecule has 7 nitrogen and oxygen atoms in total. The van der Waals surface area contributed by atoms with Crippen LogP contribution in [0.3, 0.4) is 0 Å². The van der Waals surface area contributed by atoms with Crippen molar-refractivity contribution < 1.29 is 19.1 Å². The third kappa shape index (κ3) is 3.82. The second kappa shape index (κ2) is 8.65. The van der Waals surface area contributed by atoms with Crippen LogP contribution in [0.1, 0.15) is 33.1 Å². The molecule has 0 bridgehead atoms. The SMILES string of the molecule is COC(=O)c1[nH]ncc1C=CCNC(=O)OCC1c2ccccc2-c2ccccc21. The summed E-state index contributed by atoms with van der Waals surface area (Å²) in [4.78, 5) is 23.8. The zero-order chi connectivity index (χ0) is 20.9. The molecule has 0 atom stereocenters. The number of carbonyl (C=O) groups excluding carboxylic acids is 2. The minimum Gasteiger partial charge on any atom is -0.464 e. The van der Waals surface area contributed by atoms with Gasteiger partial charge in [0.1, 0.15) is 6.61 Å². The van der Waals surface area contributed by atoms with Crippen molar-refractivity contribution in [1.82, 2.24) is 15.5 Å². The van der Waals surface area contributed by atoms with Gasteiger partial charge >= 0.3 is 12.1 Å². The minimum absolute atomic E-state index is 0.0206. The summed E-state index contributed by atoms with van der Waals surface area (Å²) in [6, 6.07) is 16.4. The number of aromatic amines is 1. The van der Waals surface area contributed by atoms with Crippen LogP contribution < -0.4 is 5.32 Å². The van der Waals surface area contributed by atoms with Crippen LogP contribution in [-0.4, -0.2) is 42.5 Å². The first-order chi connectivity index (χ1) is 14.7. The molecule has 2 aromatic carbocycles. The Morgan fingerprint density at radius 1 is 1.10 bits per heavy atom. The van der Waals surface area contributed by atoms with Crippen LogP contribution in [0.25, 0.3) is 17.2 Å². The van der Waals surface area contributed by atoms with Crippen molar-refractivity contribution in [3.05, 3.63) is 83.2 Å². The predicted octanol–water partition coefficient (Wildman–Crippen LogP) is 3.75. The topological polar surface area (TPSA) is 93.3 Å². The van der Waals surface area contributed by atoms with Crippen LogP contribution >= 0.6 is 0 Å². The Kier molecular flexibility index (Phi) is 5.61. The van der Waals surface area contributed by atoms with Crippen molar-refractivity contribution in [1.29, 1.82) is 0 Å². The third-order valence-corrected chi connectivity index (χ3v) is 5.06. The van der Waals surface area contributed by atoms with Crippen LogP contribution in [0.2, 0.25) is 0 Å². The summed E-state index contributed by atoms with van der Waals surface area (Å²) in [5.41, 5.74) is 5.55. The van der Waals surface area contributed by atoms with Gasteiger partial charge in [0, 0.05) is 18.0 Å². The Morgan fingerprint density at radius 3 is 2.43 bits per heavy atom. The first kappa shape index (κ1) is 19.4. The van der Waals surface area contributed by atoms with E-state index < -0.39 is 12.1 Å². The highest BCUT2D eigenvalue weighted by Gasteiger charge is 2.28. The highest BCUT2D eigenvalue weighted by molar-refractivity contribution is 5.91. The number of nitrogens with zero attached hydrogens (tertiary/aromatic N) is 1. The molecule has 0 radical (unpaired) electrons. The van der Waals surface area contributed by atoms with Gasteiger partial charge in [0.2, 0.25) is 0 Å². The number of ether oxygens (including phenoxy) is 2. The first-order valence-electron chi connectivity index (χ1n) is 9.56. The maximum atomic E-state index is 12.1. The van der Waals surface area contributed by atoms with Crippen molar-refractivity contribution in [3.8, 4) is 11.1 Å². The van der Waals surface area contributed by atoms with Gasteiger partial charge in [-0.15, -0.1) is 0 Å². The summed E-state index contributed by atoms with van der Waals surface area (Å²) in [6.07, 6.45) is 4.40. The predicted molar refractivity (Wildman–Crippen MR) is 112 cm³/mol. The number of H-pyrrole nitrogens is 1. The maximum absolute atomic E-state index is 12.1. The van der Waals surface area contributed by atoms with Gasteiger partial charge in [-0.3, -0.25) is 5.10 Å². The Morgan fingerprint density at radius 2 is 1.77 bits per heavy atom. The van der Waals surface area contributed by atoms with Crippen LogP contribution in [0.5, 0.6) is 0 Å². The smallest absolute Gasteiger partial charge is 0.407 e. The number of aromatic nitrogens is 2. The van der Waals surface area contributed by atoms with Gasteiger partial charge in [0.05, 0.1) is 13.3 Å². The number of hydrogen-bond donors (Lipinski definition) is 2. The van der Waals surface area contributed by atoms with Crippen molar-refractivity contribution in [2.45, 2.75) is 5.92 Å². The summed E-state index contributed by atoms with van der Waals surface area (Å²) in [5.74, 6) is -0.483. The zero-order valence-corrected chi connectivity index (χ0v) is 16.4. The summed E-state index contributed by atoms with van der Waals surface area (Å²) >= 11 is 0. The maximum Gasteiger partial charge on any atom is 0.407 e. The van der Waals surface area contributed by atoms with E-state index >= 15 is 0 Å². The van der Waals surface area contributed by atoms with Crippen molar-refractivity contribution in [3.63, 3.8) is 0 Å². The molecule has 1 aromatic heterocycles. The molecule has 0 aliphatic heterocycles. The van der Waals surface area contributed by atoms with Gasteiger partial charge in [-0.05, 0) is 22.3 Å². The number of hydrogen-bond acceptors (Lipinski definition) is 5. The molecule has 0 saturated heterocycles. The average molecular weight is 403 g/mol. The van der Waals surface area contributed by atoms with E-state index in [-0.39, 0.29) is 24.8 Å². The van der Waals surface area contributed by atoms with E-state index in [0.717, 1.165) is 0 Å². The fourth-order valence-electron chi connectivity index (χ4n) is 3.66. The minimum atomic E-state index is -0.503. The van der Waals surface area contributed by atoms with Crippen LogP contribution in [0.15, 0.2) is 60.8 Å². The van der Waals surface area contributed by atoms with Gasteiger partial charge in [-0.2, -0.15) is 5.10 Å². The lowest BCUT2D eigenvalue weighted by atomic mass is 9.98. The normalized spacial score (nSPS) is 12.4. The van der Waals surface area contributed by atoms with Crippen LogP contribution in [-0.2, 0) is 9.47 Å². The van der Waals surface area contributed by atoms with Gasteiger partial charge < -0.3 is 14.8 Å². The number of nitrogens with one attached hydrogen (secondary N) is 2. The number of carbonyl (C=O) groups is 2. The molecule has 1 heterocycles. The lowest BCUT2D eigenvalue weighted by Gasteiger charge is -2.14. The average Bonchev–Trinajstić information content (AvgIpc) is 3.37. The highest BCUT2D eigenvalue weighted by atomic mass is 16.5. The molecular weight excluding hydrogens is 382 g/mol. The monoisotopic (exact) mass is 403 g/mol. The molecule has 0 unspecified atom stereocenters. The molecule has 0 fully saturated rings. The van der Waals surface area contributed by atoms with E-state index in [1.807, 2.05) is 24.3 Å². The number of methoxy groups -OCH3 is 1. The molecule has 3 aromatic rings. The second-order valence-electron chi connectivity index (χ2n) is 6.80. The van der Waals surface area contributed by atoms with Gasteiger partial charge in [-0.1, -0.05) is 60.7 Å². The molecule has 152 valence electrons. The molecule has 7 heteroatoms. The van der Waals surface area contributed by atoms with E-state index in [0.29, 0.717) is 5.56 Å². The number of benzene rings is 2. The molecular formula is C23H21N3O4. The molecule has 1 amide bonds. The molecule has 4 rings (SSSR count). The third-order valence-electron chi connectivity index (χ3n) is 5.06. The standard InChI is InChI=1S/C23H21N3O4/c1-29-22(27)21-15(13-25-26-21)7-6-12-24-23(28)30-14-20-18-10-4-2-8-16(18)17-9-3-5-11-19(17)20/h2-11,13,20H,12,14H2,1H3,(H,24,28)(H,25,26).